The molecule has 0 amide bonds. The summed E-state index contributed by atoms with van der Waals surface area (Å²) in [4.78, 5) is 11.7. The zero-order valence-electron chi connectivity index (χ0n) is 10.3. The molecule has 0 atom stereocenters. The summed E-state index contributed by atoms with van der Waals surface area (Å²) in [6.07, 6.45) is 2.75. The first-order valence-corrected chi connectivity index (χ1v) is 7.86. The molecule has 0 aromatic heterocycles. The van der Waals surface area contributed by atoms with E-state index in [1.165, 1.54) is 29.9 Å². The van der Waals surface area contributed by atoms with Crippen LogP contribution < -0.4 is 5.73 Å². The quantitative estimate of drug-likeness (QED) is 0.860. The predicted molar refractivity (Wildman–Crippen MR) is 78.8 cm³/mol. The van der Waals surface area contributed by atoms with Gasteiger partial charge in [0.15, 0.2) is 5.78 Å². The molecule has 1 aromatic rings. The first kappa shape index (κ1) is 13.9. The van der Waals surface area contributed by atoms with E-state index in [4.69, 9.17) is 17.3 Å². The molecule has 1 fully saturated rings. The lowest BCUT2D eigenvalue weighted by Crippen LogP contribution is -2.10. The summed E-state index contributed by atoms with van der Waals surface area (Å²) in [5.74, 6) is 3.03. The molecule has 2 nitrogen and oxygen atoms in total. The van der Waals surface area contributed by atoms with Crippen molar-refractivity contribution in [2.45, 2.75) is 25.2 Å². The summed E-state index contributed by atoms with van der Waals surface area (Å²) in [6, 6.07) is 5.71. The maximum absolute atomic E-state index is 11.7. The second-order valence-electron chi connectivity index (χ2n) is 4.58. The van der Waals surface area contributed by atoms with Crippen LogP contribution in [0.4, 0.5) is 0 Å². The zero-order chi connectivity index (χ0) is 13.0. The SMILES string of the molecule is NCCC(=O)c1ccc(C2CCSCC2)c(Cl)c1. The molecular formula is C14H18ClNOS. The highest BCUT2D eigenvalue weighted by molar-refractivity contribution is 7.99. The van der Waals surface area contributed by atoms with Crippen molar-refractivity contribution in [2.75, 3.05) is 18.1 Å². The third-order valence-corrected chi connectivity index (χ3v) is 4.73. The molecule has 0 spiro atoms. The van der Waals surface area contributed by atoms with Crippen molar-refractivity contribution in [3.05, 3.63) is 34.3 Å². The average molecular weight is 284 g/mol. The normalized spacial score (nSPS) is 16.8. The van der Waals surface area contributed by atoms with Gasteiger partial charge in [-0.3, -0.25) is 4.79 Å². The van der Waals surface area contributed by atoms with Gasteiger partial charge >= 0.3 is 0 Å². The average Bonchev–Trinajstić information content (AvgIpc) is 2.40. The zero-order valence-corrected chi connectivity index (χ0v) is 11.9. The Bertz CT molecular complexity index is 430. The van der Waals surface area contributed by atoms with Crippen LogP contribution in [0.25, 0.3) is 0 Å². The standard InChI is InChI=1S/C14H18ClNOS/c15-13-9-11(14(17)3-6-16)1-2-12(13)10-4-7-18-8-5-10/h1-2,9-10H,3-8,16H2. The predicted octanol–water partition coefficient (Wildman–Crippen LogP) is 3.48. The van der Waals surface area contributed by atoms with Crippen LogP contribution in [0.15, 0.2) is 18.2 Å². The molecule has 18 heavy (non-hydrogen) atoms. The van der Waals surface area contributed by atoms with Crippen molar-refractivity contribution >= 4 is 29.1 Å². The highest BCUT2D eigenvalue weighted by Gasteiger charge is 2.19. The molecule has 0 bridgehead atoms. The van der Waals surface area contributed by atoms with E-state index < -0.39 is 0 Å². The van der Waals surface area contributed by atoms with Gasteiger partial charge in [0.2, 0.25) is 0 Å². The van der Waals surface area contributed by atoms with Crippen molar-refractivity contribution in [1.29, 1.82) is 0 Å². The Balaban J connectivity index is 2.16. The monoisotopic (exact) mass is 283 g/mol. The molecular weight excluding hydrogens is 266 g/mol. The molecule has 0 saturated carbocycles. The summed E-state index contributed by atoms with van der Waals surface area (Å²) in [5, 5.41) is 0.731. The van der Waals surface area contributed by atoms with Crippen LogP contribution >= 0.6 is 23.4 Å². The number of halogens is 1. The lowest BCUT2D eigenvalue weighted by Gasteiger charge is -2.22. The topological polar surface area (TPSA) is 43.1 Å². The third kappa shape index (κ3) is 3.28. The van der Waals surface area contributed by atoms with Gasteiger partial charge in [-0.05, 0) is 48.4 Å². The minimum Gasteiger partial charge on any atom is -0.330 e. The Morgan fingerprint density at radius 1 is 1.39 bits per heavy atom. The fourth-order valence-corrected chi connectivity index (χ4v) is 3.76. The van der Waals surface area contributed by atoms with E-state index in [1.54, 1.807) is 6.07 Å². The summed E-state index contributed by atoms with van der Waals surface area (Å²) in [6.45, 7) is 0.387. The van der Waals surface area contributed by atoms with Gasteiger partial charge in [-0.2, -0.15) is 11.8 Å². The number of ketones is 1. The molecule has 98 valence electrons. The number of benzene rings is 1. The van der Waals surface area contributed by atoms with Crippen LogP contribution in [0.5, 0.6) is 0 Å². The van der Waals surface area contributed by atoms with Gasteiger partial charge in [0.1, 0.15) is 0 Å². The van der Waals surface area contributed by atoms with Crippen LogP contribution in [-0.2, 0) is 0 Å². The van der Waals surface area contributed by atoms with Crippen LogP contribution in [-0.4, -0.2) is 23.8 Å². The van der Waals surface area contributed by atoms with Crippen molar-refractivity contribution in [2.24, 2.45) is 5.73 Å². The summed E-state index contributed by atoms with van der Waals surface area (Å²) in [5.41, 5.74) is 7.27. The minimum atomic E-state index is 0.0742. The van der Waals surface area contributed by atoms with Crippen molar-refractivity contribution < 1.29 is 4.79 Å². The van der Waals surface area contributed by atoms with E-state index >= 15 is 0 Å². The first-order chi connectivity index (χ1) is 8.72. The summed E-state index contributed by atoms with van der Waals surface area (Å²) < 4.78 is 0. The molecule has 0 aliphatic carbocycles. The third-order valence-electron chi connectivity index (χ3n) is 3.35. The second kappa shape index (κ2) is 6.60. The maximum Gasteiger partial charge on any atom is 0.164 e. The van der Waals surface area contributed by atoms with Gasteiger partial charge in [-0.1, -0.05) is 23.7 Å². The maximum atomic E-state index is 11.7. The highest BCUT2D eigenvalue weighted by atomic mass is 35.5. The molecule has 1 aliphatic heterocycles. The van der Waals surface area contributed by atoms with Gasteiger partial charge in [-0.25, -0.2) is 0 Å². The Morgan fingerprint density at radius 2 is 2.11 bits per heavy atom. The van der Waals surface area contributed by atoms with Gasteiger partial charge in [0, 0.05) is 17.0 Å². The number of Topliss-reactive ketones (excluding diaryl/α,β-unsaturated/α-hetero) is 1. The Kier molecular flexibility index (Phi) is 5.10. The molecule has 4 heteroatoms. The smallest absolute Gasteiger partial charge is 0.164 e. The van der Waals surface area contributed by atoms with E-state index in [0.717, 1.165) is 5.02 Å². The molecule has 2 N–H and O–H groups in total. The largest absolute Gasteiger partial charge is 0.330 e. The number of hydrogen-bond acceptors (Lipinski definition) is 3. The number of nitrogens with two attached hydrogens (primary N) is 1. The van der Waals surface area contributed by atoms with E-state index in [1.807, 2.05) is 23.9 Å². The Labute approximate surface area is 117 Å². The van der Waals surface area contributed by atoms with Crippen LogP contribution in [0.1, 0.15) is 41.1 Å². The van der Waals surface area contributed by atoms with Crippen LogP contribution in [0, 0.1) is 0 Å². The van der Waals surface area contributed by atoms with Gasteiger partial charge in [0.25, 0.3) is 0 Å². The van der Waals surface area contributed by atoms with Gasteiger partial charge in [-0.15, -0.1) is 0 Å². The van der Waals surface area contributed by atoms with E-state index in [0.29, 0.717) is 24.4 Å². The molecule has 1 saturated heterocycles. The first-order valence-electron chi connectivity index (χ1n) is 6.33. The van der Waals surface area contributed by atoms with Crippen molar-refractivity contribution in [1.82, 2.24) is 0 Å². The Hall–Kier alpha value is -0.510. The lowest BCUT2D eigenvalue weighted by atomic mass is 9.92. The van der Waals surface area contributed by atoms with E-state index in [2.05, 4.69) is 0 Å². The molecule has 1 heterocycles. The van der Waals surface area contributed by atoms with E-state index in [-0.39, 0.29) is 5.78 Å². The summed E-state index contributed by atoms with van der Waals surface area (Å²) in [7, 11) is 0. The van der Waals surface area contributed by atoms with Crippen LogP contribution in [0.3, 0.4) is 0 Å². The molecule has 1 aromatic carbocycles. The van der Waals surface area contributed by atoms with Gasteiger partial charge < -0.3 is 5.73 Å². The second-order valence-corrected chi connectivity index (χ2v) is 6.22. The number of rotatable bonds is 4. The van der Waals surface area contributed by atoms with Crippen molar-refractivity contribution in [3.8, 4) is 0 Å². The number of carbonyl (C=O) groups is 1. The fraction of sp³-hybridized carbons (Fsp3) is 0.500. The van der Waals surface area contributed by atoms with Crippen LogP contribution in [0.2, 0.25) is 5.02 Å². The lowest BCUT2D eigenvalue weighted by molar-refractivity contribution is 0.0985. The molecule has 1 aliphatic rings. The molecule has 2 rings (SSSR count). The highest BCUT2D eigenvalue weighted by Crippen LogP contribution is 2.35. The minimum absolute atomic E-state index is 0.0742. The number of hydrogen-bond donors (Lipinski definition) is 1. The number of thioether (sulfide) groups is 1. The number of carbonyl (C=O) groups excluding carboxylic acids is 1. The fourth-order valence-electron chi connectivity index (χ4n) is 2.32. The molecule has 0 unspecified atom stereocenters. The Morgan fingerprint density at radius 3 is 2.72 bits per heavy atom. The van der Waals surface area contributed by atoms with E-state index in [9.17, 15) is 4.79 Å². The summed E-state index contributed by atoms with van der Waals surface area (Å²) >= 11 is 8.32. The molecule has 0 radical (unpaired) electrons. The van der Waals surface area contributed by atoms with Gasteiger partial charge in [0.05, 0.1) is 0 Å². The van der Waals surface area contributed by atoms with Crippen molar-refractivity contribution in [3.63, 3.8) is 0 Å².